The average molecular weight is 453 g/mol. The van der Waals surface area contributed by atoms with Gasteiger partial charge in [-0.1, -0.05) is 42.1 Å². The fraction of sp³-hybridized carbons (Fsp3) is 0.421. The van der Waals surface area contributed by atoms with E-state index in [-0.39, 0.29) is 6.10 Å². The quantitative estimate of drug-likeness (QED) is 0.286. The topological polar surface area (TPSA) is 112 Å². The summed E-state index contributed by atoms with van der Waals surface area (Å²) in [5.41, 5.74) is 0.968. The molecule has 1 aliphatic heterocycles. The summed E-state index contributed by atoms with van der Waals surface area (Å²) in [6.07, 6.45) is 2.18. The molecule has 30 heavy (non-hydrogen) atoms. The van der Waals surface area contributed by atoms with Crippen LogP contribution in [0, 0.1) is 0 Å². The van der Waals surface area contributed by atoms with Crippen LogP contribution in [0.1, 0.15) is 24.6 Å². The molecular weight excluding hydrogens is 429 g/mol. The number of benzene rings is 1. The van der Waals surface area contributed by atoms with Crippen LogP contribution in [0.25, 0.3) is 0 Å². The van der Waals surface area contributed by atoms with Gasteiger partial charge in [-0.25, -0.2) is 9.88 Å². The van der Waals surface area contributed by atoms with E-state index in [4.69, 9.17) is 13.8 Å². The Hall–Kier alpha value is -1.81. The normalized spacial score (nSPS) is 19.6. The predicted octanol–water partition coefficient (Wildman–Crippen LogP) is 2.19. The van der Waals surface area contributed by atoms with Crippen molar-refractivity contribution in [2.24, 2.45) is 0 Å². The molecule has 1 saturated heterocycles. The first kappa shape index (κ1) is 22.9. The van der Waals surface area contributed by atoms with Gasteiger partial charge in [0.15, 0.2) is 5.62 Å². The van der Waals surface area contributed by atoms with Crippen LogP contribution in [0.3, 0.4) is 0 Å². The van der Waals surface area contributed by atoms with E-state index in [1.807, 2.05) is 30.3 Å². The number of aromatic amines is 1. The minimum absolute atomic E-state index is 0.190. The highest BCUT2D eigenvalue weighted by Crippen LogP contribution is 2.36. The highest BCUT2D eigenvalue weighted by molar-refractivity contribution is 8.11. The molecule has 162 valence electrons. The first-order valence-electron chi connectivity index (χ1n) is 9.51. The maximum Gasteiger partial charge on any atom is 0.330 e. The van der Waals surface area contributed by atoms with Gasteiger partial charge >= 0.3 is 5.69 Å². The molecule has 0 saturated carbocycles. The van der Waals surface area contributed by atoms with Crippen molar-refractivity contribution in [3.05, 3.63) is 69.0 Å². The van der Waals surface area contributed by atoms with E-state index in [1.54, 1.807) is 0 Å². The standard InChI is InChI=1S/C19H24N3O6PS/c23-14-30-11-10-26-29(20-12-15-4-2-1-3-5-15)27-13-16-6-7-18(28-16)22-9-8-17(24)21-19(22)25/h1-5,8-9,14,16,18,20H,6-7,10-13H2,(H,21,24,25)/t16?,18?,29-/m0/s1. The number of carbonyl (C=O) groups excluding carboxylic acids is 1. The lowest BCUT2D eigenvalue weighted by Gasteiger charge is -2.21. The third-order valence-corrected chi connectivity index (χ3v) is 6.11. The van der Waals surface area contributed by atoms with Crippen molar-refractivity contribution < 1.29 is 18.6 Å². The molecule has 1 fully saturated rings. The number of aromatic nitrogens is 2. The first-order chi connectivity index (χ1) is 14.7. The van der Waals surface area contributed by atoms with Crippen LogP contribution < -0.4 is 16.3 Å². The molecule has 1 aromatic heterocycles. The highest BCUT2D eigenvalue weighted by atomic mass is 32.2. The summed E-state index contributed by atoms with van der Waals surface area (Å²) >= 11 is 1.15. The SMILES string of the molecule is O=CSCCO[P@](NCc1ccccc1)OCC1CCC(n2ccc(=O)[nH]c2=O)O1. The summed E-state index contributed by atoms with van der Waals surface area (Å²) in [6, 6.07) is 11.2. The van der Waals surface area contributed by atoms with Crippen LogP contribution in [0.15, 0.2) is 52.2 Å². The van der Waals surface area contributed by atoms with Gasteiger partial charge in [-0.05, 0) is 18.4 Å². The van der Waals surface area contributed by atoms with E-state index < -0.39 is 26.0 Å². The molecule has 1 aliphatic rings. The lowest BCUT2D eigenvalue weighted by Crippen LogP contribution is -2.31. The Labute approximate surface area is 179 Å². The molecule has 9 nitrogen and oxygen atoms in total. The Morgan fingerprint density at radius 3 is 2.83 bits per heavy atom. The Balaban J connectivity index is 1.50. The molecule has 2 N–H and O–H groups in total. The molecule has 0 amide bonds. The number of H-pyrrole nitrogens is 1. The van der Waals surface area contributed by atoms with Crippen molar-refractivity contribution in [1.29, 1.82) is 0 Å². The number of rotatable bonds is 12. The lowest BCUT2D eigenvalue weighted by molar-refractivity contribution is -0.0206. The minimum atomic E-state index is -1.37. The molecule has 2 aromatic rings. The molecule has 0 bridgehead atoms. The average Bonchev–Trinajstić information content (AvgIpc) is 3.22. The van der Waals surface area contributed by atoms with Crippen LogP contribution in [-0.2, 0) is 25.1 Å². The van der Waals surface area contributed by atoms with Crippen molar-refractivity contribution in [2.45, 2.75) is 31.7 Å². The number of nitrogens with one attached hydrogen (secondary N) is 2. The summed E-state index contributed by atoms with van der Waals surface area (Å²) in [7, 11) is -1.37. The second-order valence-electron chi connectivity index (χ2n) is 6.48. The summed E-state index contributed by atoms with van der Waals surface area (Å²) < 4.78 is 19.0. The van der Waals surface area contributed by atoms with E-state index in [0.717, 1.165) is 29.4 Å². The largest absolute Gasteiger partial charge is 0.352 e. The summed E-state index contributed by atoms with van der Waals surface area (Å²) in [4.78, 5) is 35.8. The van der Waals surface area contributed by atoms with Gasteiger partial charge in [-0.15, -0.1) is 0 Å². The highest BCUT2D eigenvalue weighted by Gasteiger charge is 2.28. The second kappa shape index (κ2) is 12.1. The zero-order valence-electron chi connectivity index (χ0n) is 16.3. The predicted molar refractivity (Wildman–Crippen MR) is 116 cm³/mol. The zero-order chi connectivity index (χ0) is 21.2. The molecule has 0 radical (unpaired) electrons. The number of carbonyl (C=O) groups is 1. The molecule has 3 atom stereocenters. The Morgan fingerprint density at radius 1 is 1.23 bits per heavy atom. The van der Waals surface area contributed by atoms with Crippen LogP contribution in [0.4, 0.5) is 0 Å². The van der Waals surface area contributed by atoms with Crippen molar-refractivity contribution in [1.82, 2.24) is 14.6 Å². The maximum atomic E-state index is 11.9. The first-order valence-corrected chi connectivity index (χ1v) is 11.7. The fourth-order valence-electron chi connectivity index (χ4n) is 2.92. The van der Waals surface area contributed by atoms with Gasteiger partial charge in [0.25, 0.3) is 14.1 Å². The third kappa shape index (κ3) is 7.16. The molecule has 1 aromatic carbocycles. The Morgan fingerprint density at radius 2 is 2.07 bits per heavy atom. The fourth-order valence-corrected chi connectivity index (χ4v) is 4.44. The molecular formula is C19H24N3O6PS. The minimum Gasteiger partial charge on any atom is -0.352 e. The van der Waals surface area contributed by atoms with E-state index in [0.29, 0.717) is 31.9 Å². The summed E-state index contributed by atoms with van der Waals surface area (Å²) in [5.74, 6) is 0.551. The number of nitrogens with zero attached hydrogens (tertiary/aromatic N) is 1. The van der Waals surface area contributed by atoms with Gasteiger partial charge in [0.1, 0.15) is 6.23 Å². The third-order valence-electron chi connectivity index (χ3n) is 4.36. The van der Waals surface area contributed by atoms with Gasteiger partial charge in [0.2, 0.25) is 0 Å². The van der Waals surface area contributed by atoms with Gasteiger partial charge in [-0.3, -0.25) is 19.1 Å². The van der Waals surface area contributed by atoms with Crippen molar-refractivity contribution >= 4 is 25.9 Å². The Kier molecular flexibility index (Phi) is 9.26. The number of hydrogen-bond donors (Lipinski definition) is 2. The molecule has 0 spiro atoms. The molecule has 3 rings (SSSR count). The van der Waals surface area contributed by atoms with Crippen molar-refractivity contribution in [2.75, 3.05) is 19.0 Å². The molecule has 11 heteroatoms. The Bertz CT molecular complexity index is 909. The van der Waals surface area contributed by atoms with E-state index in [2.05, 4.69) is 10.1 Å². The van der Waals surface area contributed by atoms with Gasteiger partial charge in [0.05, 0.1) is 19.3 Å². The van der Waals surface area contributed by atoms with Crippen LogP contribution in [0.2, 0.25) is 0 Å². The molecule has 0 aliphatic carbocycles. The monoisotopic (exact) mass is 453 g/mol. The number of thioether (sulfide) groups is 1. The van der Waals surface area contributed by atoms with Crippen molar-refractivity contribution in [3.8, 4) is 0 Å². The van der Waals surface area contributed by atoms with Crippen LogP contribution >= 0.6 is 20.3 Å². The smallest absolute Gasteiger partial charge is 0.330 e. The lowest BCUT2D eigenvalue weighted by atomic mass is 10.2. The molecule has 2 heterocycles. The number of ether oxygens (including phenoxy) is 1. The van der Waals surface area contributed by atoms with Gasteiger partial charge < -0.3 is 13.8 Å². The van der Waals surface area contributed by atoms with E-state index >= 15 is 0 Å². The molecule has 2 unspecified atom stereocenters. The number of hydrogen-bond acceptors (Lipinski definition) is 8. The van der Waals surface area contributed by atoms with Gasteiger partial charge in [0, 0.05) is 24.6 Å². The second-order valence-corrected chi connectivity index (χ2v) is 8.76. The maximum absolute atomic E-state index is 11.9. The summed E-state index contributed by atoms with van der Waals surface area (Å²) in [5, 5.41) is 3.27. The van der Waals surface area contributed by atoms with Crippen LogP contribution in [-0.4, -0.2) is 40.2 Å². The van der Waals surface area contributed by atoms with E-state index in [1.165, 1.54) is 16.8 Å². The zero-order valence-corrected chi connectivity index (χ0v) is 18.0. The van der Waals surface area contributed by atoms with Crippen LogP contribution in [0.5, 0.6) is 0 Å². The van der Waals surface area contributed by atoms with Gasteiger partial charge in [-0.2, -0.15) is 0 Å². The summed E-state index contributed by atoms with van der Waals surface area (Å²) in [6.45, 7) is 1.29. The van der Waals surface area contributed by atoms with E-state index in [9.17, 15) is 14.4 Å². The van der Waals surface area contributed by atoms with Crippen molar-refractivity contribution in [3.63, 3.8) is 0 Å².